The second-order valence-electron chi connectivity index (χ2n) is 5.87. The van der Waals surface area contributed by atoms with Gasteiger partial charge in [-0.15, -0.1) is 0 Å². The lowest BCUT2D eigenvalue weighted by Gasteiger charge is -2.19. The minimum atomic E-state index is -4.58. The maximum absolute atomic E-state index is 12.7. The first kappa shape index (κ1) is 20.0. The Morgan fingerprint density at radius 2 is 1.88 bits per heavy atom. The van der Waals surface area contributed by atoms with E-state index in [9.17, 15) is 22.8 Å². The van der Waals surface area contributed by atoms with Crippen LogP contribution in [0, 0.1) is 0 Å². The number of benzene rings is 1. The summed E-state index contributed by atoms with van der Waals surface area (Å²) in [5.41, 5.74) is -1.51. The Kier molecular flexibility index (Phi) is 6.42. The van der Waals surface area contributed by atoms with Gasteiger partial charge in [-0.3, -0.25) is 9.59 Å². The highest BCUT2D eigenvalue weighted by Crippen LogP contribution is 2.35. The molecule has 0 spiro atoms. The monoisotopic (exact) mass is 363 g/mol. The summed E-state index contributed by atoms with van der Waals surface area (Å²) in [5.74, 6) is -1.25. The molecule has 24 heavy (non-hydrogen) atoms. The zero-order valence-corrected chi connectivity index (χ0v) is 14.1. The Morgan fingerprint density at radius 1 is 1.25 bits per heavy atom. The molecule has 4 nitrogen and oxygen atoms in total. The van der Waals surface area contributed by atoms with Crippen molar-refractivity contribution in [3.63, 3.8) is 0 Å². The third kappa shape index (κ3) is 7.04. The average molecular weight is 364 g/mol. The highest BCUT2D eigenvalue weighted by atomic mass is 35.5. The van der Waals surface area contributed by atoms with Gasteiger partial charge in [0.05, 0.1) is 10.6 Å². The van der Waals surface area contributed by atoms with E-state index in [2.05, 4.69) is 5.32 Å². The van der Waals surface area contributed by atoms with Crippen LogP contribution in [0.2, 0.25) is 5.02 Å². The molecule has 0 saturated heterocycles. The first-order chi connectivity index (χ1) is 10.9. The summed E-state index contributed by atoms with van der Waals surface area (Å²) in [6.45, 7) is 4.72. The number of halogens is 4. The fourth-order valence-corrected chi connectivity index (χ4v) is 1.86. The maximum Gasteiger partial charge on any atom is 0.417 e. The lowest BCUT2D eigenvalue weighted by molar-refractivity contribution is -0.154. The minimum absolute atomic E-state index is 0.152. The average Bonchev–Trinajstić information content (AvgIpc) is 2.41. The summed E-state index contributed by atoms with van der Waals surface area (Å²) in [6.07, 6.45) is -2.37. The molecule has 1 amide bonds. The predicted octanol–water partition coefficient (Wildman–Crippen LogP) is 3.83. The van der Waals surface area contributed by atoms with E-state index >= 15 is 0 Å². The van der Waals surface area contributed by atoms with Crippen LogP contribution in [0.5, 0.6) is 0 Å². The quantitative estimate of drug-likeness (QED) is 0.653. The Hall–Kier alpha value is -2.02. The Bertz CT molecular complexity index is 649. The van der Waals surface area contributed by atoms with Crippen LogP contribution in [0.4, 0.5) is 13.2 Å². The third-order valence-electron chi connectivity index (χ3n) is 2.55. The summed E-state index contributed by atoms with van der Waals surface area (Å²) in [5, 5.41) is 1.86. The van der Waals surface area contributed by atoms with Crippen molar-refractivity contribution in [1.29, 1.82) is 0 Å². The van der Waals surface area contributed by atoms with Gasteiger partial charge in [-0.05, 0) is 44.5 Å². The predicted molar refractivity (Wildman–Crippen MR) is 84.3 cm³/mol. The molecule has 0 saturated carbocycles. The van der Waals surface area contributed by atoms with Gasteiger partial charge in [-0.1, -0.05) is 17.7 Å². The number of carbonyl (C=O) groups is 2. The van der Waals surface area contributed by atoms with E-state index in [4.69, 9.17) is 16.3 Å². The van der Waals surface area contributed by atoms with E-state index in [0.717, 1.165) is 18.2 Å². The van der Waals surface area contributed by atoms with Crippen LogP contribution in [-0.2, 0) is 20.5 Å². The molecule has 0 aliphatic carbocycles. The molecule has 0 heterocycles. The van der Waals surface area contributed by atoms with E-state index in [1.54, 1.807) is 20.8 Å². The summed E-state index contributed by atoms with van der Waals surface area (Å²) in [4.78, 5) is 23.0. The highest BCUT2D eigenvalue weighted by molar-refractivity contribution is 6.31. The van der Waals surface area contributed by atoms with Crippen LogP contribution < -0.4 is 5.32 Å². The largest absolute Gasteiger partial charge is 0.459 e. The molecule has 1 N–H and O–H groups in total. The van der Waals surface area contributed by atoms with E-state index in [-0.39, 0.29) is 12.1 Å². The van der Waals surface area contributed by atoms with E-state index < -0.39 is 34.2 Å². The Balaban J connectivity index is 2.66. The molecule has 0 aliphatic rings. The molecule has 0 aliphatic heterocycles. The molecule has 132 valence electrons. The lowest BCUT2D eigenvalue weighted by atomic mass is 10.1. The molecule has 1 aromatic carbocycles. The molecule has 1 aromatic rings. The summed E-state index contributed by atoms with van der Waals surface area (Å²) in [6, 6.07) is 3.28. The van der Waals surface area contributed by atoms with Gasteiger partial charge >= 0.3 is 12.1 Å². The molecule has 0 fully saturated rings. The number of ether oxygens (including phenoxy) is 1. The molecule has 0 bridgehead atoms. The van der Waals surface area contributed by atoms with Crippen LogP contribution in [-0.4, -0.2) is 24.0 Å². The van der Waals surface area contributed by atoms with Crippen LogP contribution in [0.1, 0.15) is 31.9 Å². The van der Waals surface area contributed by atoms with Gasteiger partial charge in [0.2, 0.25) is 5.91 Å². The Morgan fingerprint density at radius 3 is 2.42 bits per heavy atom. The molecule has 1 rings (SSSR count). The second-order valence-corrected chi connectivity index (χ2v) is 6.28. The molecular formula is C16H17ClF3NO3. The topological polar surface area (TPSA) is 55.4 Å². The Labute approximate surface area is 142 Å². The number of rotatable bonds is 4. The molecule has 8 heteroatoms. The van der Waals surface area contributed by atoms with Crippen LogP contribution in [0.15, 0.2) is 24.3 Å². The van der Waals surface area contributed by atoms with Crippen molar-refractivity contribution in [2.45, 2.75) is 32.5 Å². The normalized spacial score (nSPS) is 12.3. The fourth-order valence-electron chi connectivity index (χ4n) is 1.63. The molecule has 0 atom stereocenters. The van der Waals surface area contributed by atoms with Crippen molar-refractivity contribution in [3.8, 4) is 0 Å². The first-order valence-electron chi connectivity index (χ1n) is 6.93. The third-order valence-corrected chi connectivity index (χ3v) is 2.88. The number of nitrogens with one attached hydrogen (secondary N) is 1. The zero-order chi connectivity index (χ0) is 18.5. The zero-order valence-electron chi connectivity index (χ0n) is 13.3. The van der Waals surface area contributed by atoms with Crippen LogP contribution in [0.3, 0.4) is 0 Å². The number of hydrogen-bond acceptors (Lipinski definition) is 3. The fraction of sp³-hybridized carbons (Fsp3) is 0.375. The maximum atomic E-state index is 12.7. The first-order valence-corrected chi connectivity index (χ1v) is 7.31. The van der Waals surface area contributed by atoms with Crippen molar-refractivity contribution in [1.82, 2.24) is 5.32 Å². The van der Waals surface area contributed by atoms with Crippen molar-refractivity contribution >= 4 is 29.6 Å². The van der Waals surface area contributed by atoms with Gasteiger partial charge < -0.3 is 10.1 Å². The van der Waals surface area contributed by atoms with E-state index in [1.165, 1.54) is 12.1 Å². The molecule has 0 aromatic heterocycles. The number of esters is 1. The minimum Gasteiger partial charge on any atom is -0.459 e. The SMILES string of the molecule is CC(C)(C)OC(=O)CNC(=O)/C=C/c1ccc(Cl)c(C(F)(F)F)c1. The molecule has 0 radical (unpaired) electrons. The smallest absolute Gasteiger partial charge is 0.417 e. The van der Waals surface area contributed by atoms with Gasteiger partial charge in [-0.25, -0.2) is 0 Å². The second kappa shape index (κ2) is 7.70. The number of alkyl halides is 3. The summed E-state index contributed by atoms with van der Waals surface area (Å²) < 4.78 is 43.2. The van der Waals surface area contributed by atoms with E-state index in [0.29, 0.717) is 0 Å². The van der Waals surface area contributed by atoms with Gasteiger partial charge in [0, 0.05) is 6.08 Å². The van der Waals surface area contributed by atoms with Crippen LogP contribution >= 0.6 is 11.6 Å². The van der Waals surface area contributed by atoms with E-state index in [1.807, 2.05) is 0 Å². The van der Waals surface area contributed by atoms with Gasteiger partial charge in [-0.2, -0.15) is 13.2 Å². The molecule has 0 unspecified atom stereocenters. The van der Waals surface area contributed by atoms with Gasteiger partial charge in [0.15, 0.2) is 0 Å². The number of carbonyl (C=O) groups excluding carboxylic acids is 2. The van der Waals surface area contributed by atoms with Crippen molar-refractivity contribution < 1.29 is 27.5 Å². The summed E-state index contributed by atoms with van der Waals surface area (Å²) in [7, 11) is 0. The van der Waals surface area contributed by atoms with Crippen molar-refractivity contribution in [2.24, 2.45) is 0 Å². The van der Waals surface area contributed by atoms with Crippen molar-refractivity contribution in [3.05, 3.63) is 40.4 Å². The van der Waals surface area contributed by atoms with Gasteiger partial charge in [0.25, 0.3) is 0 Å². The van der Waals surface area contributed by atoms with Crippen molar-refractivity contribution in [2.75, 3.05) is 6.54 Å². The molecular weight excluding hydrogens is 347 g/mol. The highest BCUT2D eigenvalue weighted by Gasteiger charge is 2.33. The van der Waals surface area contributed by atoms with Crippen LogP contribution in [0.25, 0.3) is 6.08 Å². The van der Waals surface area contributed by atoms with Gasteiger partial charge in [0.1, 0.15) is 12.1 Å². The standard InChI is InChI=1S/C16H17ClF3NO3/c1-15(2,3)24-14(23)9-21-13(22)7-5-10-4-6-12(17)11(8-10)16(18,19)20/h4-8H,9H2,1-3H3,(H,21,22)/b7-5+. The lowest BCUT2D eigenvalue weighted by Crippen LogP contribution is -2.33. The summed E-state index contributed by atoms with van der Waals surface area (Å²) >= 11 is 5.51. The number of amides is 1. The number of hydrogen-bond donors (Lipinski definition) is 1.